The molecule has 0 atom stereocenters. The van der Waals surface area contributed by atoms with Gasteiger partial charge in [0.25, 0.3) is 0 Å². The summed E-state index contributed by atoms with van der Waals surface area (Å²) in [6.07, 6.45) is 5.01. The smallest absolute Gasteiger partial charge is 0.324 e. The lowest BCUT2D eigenvalue weighted by Gasteiger charge is -2.32. The molecular formula is C22H21IN6O2. The number of halogens is 1. The third-order valence-electron chi connectivity index (χ3n) is 5.69. The van der Waals surface area contributed by atoms with E-state index in [1.807, 2.05) is 64.2 Å². The summed E-state index contributed by atoms with van der Waals surface area (Å²) in [7, 11) is 0. The number of fused-ring (bicyclic) bond motifs is 1. The molecule has 31 heavy (non-hydrogen) atoms. The normalized spacial score (nSPS) is 14.8. The van der Waals surface area contributed by atoms with E-state index in [9.17, 15) is 9.59 Å². The average molecular weight is 528 g/mol. The first-order valence-electron chi connectivity index (χ1n) is 10.1. The molecule has 0 saturated carbocycles. The Bertz CT molecular complexity index is 1270. The second-order valence-electron chi connectivity index (χ2n) is 7.58. The van der Waals surface area contributed by atoms with E-state index in [2.05, 4.69) is 38.0 Å². The summed E-state index contributed by atoms with van der Waals surface area (Å²) in [4.78, 5) is 30.3. The van der Waals surface area contributed by atoms with E-state index in [0.717, 1.165) is 38.8 Å². The van der Waals surface area contributed by atoms with Gasteiger partial charge in [0.15, 0.2) is 0 Å². The fraction of sp³-hybridized carbons (Fsp3) is 0.227. The Hall–Kier alpha value is -3.08. The molecule has 158 valence electrons. The van der Waals surface area contributed by atoms with Crippen LogP contribution in [0, 0.1) is 3.57 Å². The molecule has 3 heterocycles. The summed E-state index contributed by atoms with van der Waals surface area (Å²) in [6.45, 7) is 1.19. The fourth-order valence-corrected chi connectivity index (χ4v) is 4.52. The number of hydrogen-bond donors (Lipinski definition) is 2. The number of H-pyrrole nitrogens is 1. The topological polar surface area (TPSA) is 88.0 Å². The summed E-state index contributed by atoms with van der Waals surface area (Å²) in [5.41, 5.74) is 3.13. The Labute approximate surface area is 192 Å². The number of rotatable bonds is 3. The third-order valence-corrected chi connectivity index (χ3v) is 6.41. The van der Waals surface area contributed by atoms with Gasteiger partial charge in [-0.05, 0) is 77.9 Å². The molecule has 0 aliphatic carbocycles. The van der Waals surface area contributed by atoms with Crippen LogP contribution in [0.3, 0.4) is 0 Å². The van der Waals surface area contributed by atoms with Crippen molar-refractivity contribution in [2.24, 2.45) is 0 Å². The van der Waals surface area contributed by atoms with Crippen LogP contribution in [-0.4, -0.2) is 43.4 Å². The molecule has 8 nitrogen and oxygen atoms in total. The molecule has 5 rings (SSSR count). The van der Waals surface area contributed by atoms with Gasteiger partial charge in [0, 0.05) is 40.8 Å². The molecule has 0 radical (unpaired) electrons. The highest BCUT2D eigenvalue weighted by Gasteiger charge is 2.26. The van der Waals surface area contributed by atoms with Crippen molar-refractivity contribution in [2.75, 3.05) is 18.4 Å². The first kappa shape index (κ1) is 19.9. The van der Waals surface area contributed by atoms with Crippen molar-refractivity contribution in [2.45, 2.75) is 18.9 Å². The van der Waals surface area contributed by atoms with Gasteiger partial charge in [0.2, 0.25) is 0 Å². The summed E-state index contributed by atoms with van der Waals surface area (Å²) in [5, 5.41) is 7.24. The maximum Gasteiger partial charge on any atom is 0.326 e. The molecular weight excluding hydrogens is 507 g/mol. The number of benzene rings is 2. The minimum atomic E-state index is -0.128. The average Bonchev–Trinajstić information content (AvgIpc) is 3.42. The number of aromatic nitrogens is 4. The maximum atomic E-state index is 12.8. The van der Waals surface area contributed by atoms with Crippen LogP contribution in [-0.2, 0) is 0 Å². The number of piperidine rings is 1. The molecule has 1 saturated heterocycles. The van der Waals surface area contributed by atoms with Crippen molar-refractivity contribution in [3.63, 3.8) is 0 Å². The molecule has 2 aromatic carbocycles. The molecule has 0 bridgehead atoms. The van der Waals surface area contributed by atoms with Crippen LogP contribution in [0.1, 0.15) is 18.9 Å². The molecule has 1 aliphatic rings. The van der Waals surface area contributed by atoms with Gasteiger partial charge in [-0.2, -0.15) is 5.10 Å². The molecule has 2 amide bonds. The number of amides is 2. The zero-order valence-corrected chi connectivity index (χ0v) is 18.8. The summed E-state index contributed by atoms with van der Waals surface area (Å²) in [6, 6.07) is 15.3. The van der Waals surface area contributed by atoms with Crippen LogP contribution in [0.4, 0.5) is 10.5 Å². The lowest BCUT2D eigenvalue weighted by molar-refractivity contribution is 0.184. The zero-order chi connectivity index (χ0) is 21.4. The summed E-state index contributed by atoms with van der Waals surface area (Å²) < 4.78 is 4.70. The standard InChI is InChI=1S/C22H21IN6O2/c23-15-5-7-16(8-6-15)25-21(30)27-13-9-17(10-14-27)29-19-4-1-3-18(20(19)26-22(29)31)28-12-2-11-24-28/h1-8,11-12,17H,9-10,13-14H2,(H,25,30)(H,26,31). The van der Waals surface area contributed by atoms with Gasteiger partial charge >= 0.3 is 11.7 Å². The van der Waals surface area contributed by atoms with Gasteiger partial charge < -0.3 is 15.2 Å². The van der Waals surface area contributed by atoms with E-state index in [1.54, 1.807) is 10.9 Å². The van der Waals surface area contributed by atoms with Crippen LogP contribution >= 0.6 is 22.6 Å². The Morgan fingerprint density at radius 2 is 1.87 bits per heavy atom. The number of likely N-dealkylation sites (tertiary alicyclic amines) is 1. The van der Waals surface area contributed by atoms with E-state index in [-0.39, 0.29) is 17.8 Å². The maximum absolute atomic E-state index is 12.8. The SMILES string of the molecule is O=C(Nc1ccc(I)cc1)N1CCC(n2c(=O)[nH]c3c(-n4cccn4)cccc32)CC1. The number of urea groups is 1. The Kier molecular flexibility index (Phi) is 5.26. The first-order valence-corrected chi connectivity index (χ1v) is 11.2. The second-order valence-corrected chi connectivity index (χ2v) is 8.82. The number of nitrogens with one attached hydrogen (secondary N) is 2. The van der Waals surface area contributed by atoms with Gasteiger partial charge in [0.1, 0.15) is 0 Å². The van der Waals surface area contributed by atoms with E-state index < -0.39 is 0 Å². The molecule has 0 spiro atoms. The fourth-order valence-electron chi connectivity index (χ4n) is 4.16. The molecule has 2 aromatic heterocycles. The summed E-state index contributed by atoms with van der Waals surface area (Å²) >= 11 is 2.24. The predicted octanol–water partition coefficient (Wildman–Crippen LogP) is 3.99. The number of aromatic amines is 1. The first-order chi connectivity index (χ1) is 15.1. The van der Waals surface area contributed by atoms with Crippen molar-refractivity contribution in [3.8, 4) is 5.69 Å². The zero-order valence-electron chi connectivity index (χ0n) is 16.7. The number of carbonyl (C=O) groups is 1. The largest absolute Gasteiger partial charge is 0.326 e. The highest BCUT2D eigenvalue weighted by Crippen LogP contribution is 2.27. The van der Waals surface area contributed by atoms with Crippen molar-refractivity contribution in [3.05, 3.63) is 75.0 Å². The number of para-hydroxylation sites is 1. The van der Waals surface area contributed by atoms with E-state index in [0.29, 0.717) is 13.1 Å². The van der Waals surface area contributed by atoms with E-state index in [1.165, 1.54) is 0 Å². The number of hydrogen-bond acceptors (Lipinski definition) is 3. The van der Waals surface area contributed by atoms with Crippen molar-refractivity contribution in [1.29, 1.82) is 0 Å². The van der Waals surface area contributed by atoms with Gasteiger partial charge in [-0.1, -0.05) is 6.07 Å². The minimum Gasteiger partial charge on any atom is -0.324 e. The van der Waals surface area contributed by atoms with Crippen LogP contribution < -0.4 is 11.0 Å². The lowest BCUT2D eigenvalue weighted by atomic mass is 10.0. The highest BCUT2D eigenvalue weighted by molar-refractivity contribution is 14.1. The van der Waals surface area contributed by atoms with Crippen molar-refractivity contribution in [1.82, 2.24) is 24.2 Å². The number of nitrogens with zero attached hydrogens (tertiary/aromatic N) is 4. The summed E-state index contributed by atoms with van der Waals surface area (Å²) in [5.74, 6) is 0. The lowest BCUT2D eigenvalue weighted by Crippen LogP contribution is -2.42. The van der Waals surface area contributed by atoms with E-state index >= 15 is 0 Å². The molecule has 1 fully saturated rings. The van der Waals surface area contributed by atoms with Gasteiger partial charge in [-0.25, -0.2) is 14.3 Å². The van der Waals surface area contributed by atoms with Crippen LogP contribution in [0.15, 0.2) is 65.7 Å². The monoisotopic (exact) mass is 528 g/mol. The number of imidazole rings is 1. The number of carbonyl (C=O) groups excluding carboxylic acids is 1. The minimum absolute atomic E-state index is 0.0384. The third kappa shape index (κ3) is 3.85. The molecule has 4 aromatic rings. The van der Waals surface area contributed by atoms with Gasteiger partial charge in [-0.3, -0.25) is 4.57 Å². The molecule has 2 N–H and O–H groups in total. The highest BCUT2D eigenvalue weighted by atomic mass is 127. The van der Waals surface area contributed by atoms with Crippen molar-refractivity contribution < 1.29 is 4.79 Å². The van der Waals surface area contributed by atoms with E-state index in [4.69, 9.17) is 0 Å². The molecule has 9 heteroatoms. The number of anilines is 1. The predicted molar refractivity (Wildman–Crippen MR) is 128 cm³/mol. The Balaban J connectivity index is 1.33. The molecule has 1 aliphatic heterocycles. The van der Waals surface area contributed by atoms with Crippen molar-refractivity contribution >= 4 is 45.3 Å². The van der Waals surface area contributed by atoms with Gasteiger partial charge in [0.05, 0.1) is 16.7 Å². The molecule has 0 unspecified atom stereocenters. The quantitative estimate of drug-likeness (QED) is 0.395. The van der Waals surface area contributed by atoms with Crippen LogP contribution in [0.25, 0.3) is 16.7 Å². The van der Waals surface area contributed by atoms with Crippen LogP contribution in [0.5, 0.6) is 0 Å². The Morgan fingerprint density at radius 1 is 1.10 bits per heavy atom. The second kappa shape index (κ2) is 8.22. The van der Waals surface area contributed by atoms with Crippen LogP contribution in [0.2, 0.25) is 0 Å². The Morgan fingerprint density at radius 3 is 2.58 bits per heavy atom. The van der Waals surface area contributed by atoms with Gasteiger partial charge in [-0.15, -0.1) is 0 Å².